The van der Waals surface area contributed by atoms with Crippen LogP contribution in [0, 0.1) is 11.6 Å². The summed E-state index contributed by atoms with van der Waals surface area (Å²) in [5, 5.41) is 0.873. The Labute approximate surface area is 197 Å². The van der Waals surface area contributed by atoms with Gasteiger partial charge in [-0.05, 0) is 67.4 Å². The first-order valence-corrected chi connectivity index (χ1v) is 11.1. The summed E-state index contributed by atoms with van der Waals surface area (Å²) in [4.78, 5) is 14.3. The van der Waals surface area contributed by atoms with Gasteiger partial charge in [0.05, 0.1) is 7.11 Å². The van der Waals surface area contributed by atoms with Crippen LogP contribution in [0.5, 0.6) is 11.5 Å². The second-order valence-electron chi connectivity index (χ2n) is 7.83. The van der Waals surface area contributed by atoms with Crippen LogP contribution in [0.3, 0.4) is 0 Å². The first kappa shape index (κ1) is 23.3. The summed E-state index contributed by atoms with van der Waals surface area (Å²) >= 11 is 0. The topological polar surface area (TPSA) is 43.7 Å². The van der Waals surface area contributed by atoms with Gasteiger partial charge in [-0.25, -0.2) is 13.6 Å². The number of rotatable bonds is 7. The van der Waals surface area contributed by atoms with Gasteiger partial charge in [0, 0.05) is 42.3 Å². The number of amides is 1. The van der Waals surface area contributed by atoms with Gasteiger partial charge < -0.3 is 18.9 Å². The van der Waals surface area contributed by atoms with E-state index in [0.717, 1.165) is 28.1 Å². The molecule has 0 atom stereocenters. The van der Waals surface area contributed by atoms with Gasteiger partial charge in [-0.2, -0.15) is 0 Å². The van der Waals surface area contributed by atoms with E-state index in [4.69, 9.17) is 9.47 Å². The highest BCUT2D eigenvalue weighted by atomic mass is 19.2. The molecule has 0 N–H and O–H groups in total. The molecule has 7 heteroatoms. The minimum absolute atomic E-state index is 0.362. The van der Waals surface area contributed by atoms with Gasteiger partial charge in [-0.1, -0.05) is 18.2 Å². The smallest absolute Gasteiger partial charge is 0.415 e. The Hall–Kier alpha value is -3.87. The molecule has 0 radical (unpaired) electrons. The predicted octanol–water partition coefficient (Wildman–Crippen LogP) is 6.48. The van der Waals surface area contributed by atoms with Gasteiger partial charge >= 0.3 is 6.09 Å². The molecule has 0 aliphatic heterocycles. The second-order valence-corrected chi connectivity index (χ2v) is 7.83. The molecule has 5 nitrogen and oxygen atoms in total. The number of carbonyl (C=O) groups excluding carboxylic acids is 1. The predicted molar refractivity (Wildman–Crippen MR) is 128 cm³/mol. The molecule has 0 saturated heterocycles. The Morgan fingerprint density at radius 3 is 2.32 bits per heavy atom. The molecule has 0 aliphatic rings. The summed E-state index contributed by atoms with van der Waals surface area (Å²) in [5.74, 6) is -0.588. The third-order valence-electron chi connectivity index (χ3n) is 5.85. The average Bonchev–Trinajstić information content (AvgIpc) is 3.25. The zero-order valence-electron chi connectivity index (χ0n) is 19.3. The average molecular weight is 465 g/mol. The minimum Gasteiger partial charge on any atom is -0.497 e. The fourth-order valence-corrected chi connectivity index (χ4v) is 4.01. The lowest BCUT2D eigenvalue weighted by atomic mass is 10.0. The molecule has 0 saturated carbocycles. The molecule has 1 amide bonds. The first-order chi connectivity index (χ1) is 16.4. The highest BCUT2D eigenvalue weighted by Gasteiger charge is 2.19. The van der Waals surface area contributed by atoms with E-state index in [9.17, 15) is 13.6 Å². The van der Waals surface area contributed by atoms with E-state index in [0.29, 0.717) is 36.7 Å². The van der Waals surface area contributed by atoms with Crippen molar-refractivity contribution in [2.45, 2.75) is 20.4 Å². The number of carbonyl (C=O) groups is 1. The van der Waals surface area contributed by atoms with E-state index in [-0.39, 0.29) is 0 Å². The molecule has 4 aromatic rings. The number of methoxy groups -OCH3 is 1. The zero-order chi connectivity index (χ0) is 24.2. The molecule has 34 heavy (non-hydrogen) atoms. The van der Waals surface area contributed by atoms with Gasteiger partial charge in [0.2, 0.25) is 0 Å². The quantitative estimate of drug-likeness (QED) is 0.314. The van der Waals surface area contributed by atoms with Gasteiger partial charge in [-0.15, -0.1) is 0 Å². The van der Waals surface area contributed by atoms with Crippen molar-refractivity contribution in [2.24, 2.45) is 0 Å². The number of ether oxygens (including phenoxy) is 2. The molecule has 0 aliphatic carbocycles. The van der Waals surface area contributed by atoms with Crippen molar-refractivity contribution in [1.29, 1.82) is 0 Å². The number of benzene rings is 3. The van der Waals surface area contributed by atoms with Crippen LogP contribution < -0.4 is 9.47 Å². The number of hydrogen-bond acceptors (Lipinski definition) is 3. The third-order valence-corrected chi connectivity index (χ3v) is 5.85. The largest absolute Gasteiger partial charge is 0.497 e. The van der Waals surface area contributed by atoms with E-state index >= 15 is 0 Å². The SMILES string of the molecule is CCN(CC)C(=O)Oc1ccc2c(ccn2Cc2ccc(F)c(F)c2)c1-c1ccc(OC)cc1. The minimum atomic E-state index is -0.876. The molecule has 1 aromatic heterocycles. The lowest BCUT2D eigenvalue weighted by Crippen LogP contribution is -2.33. The first-order valence-electron chi connectivity index (χ1n) is 11.1. The summed E-state index contributed by atoms with van der Waals surface area (Å²) in [6.07, 6.45) is 1.47. The standard InChI is InChI=1S/C27H26F2N2O3/c1-4-30(5-2)27(32)34-25-13-12-24-21(26(25)19-7-9-20(33-3)10-8-19)14-15-31(24)17-18-6-11-22(28)23(29)16-18/h6-16H,4-5,17H2,1-3H3. The van der Waals surface area contributed by atoms with Crippen LogP contribution in [0.2, 0.25) is 0 Å². The number of nitrogens with zero attached hydrogens (tertiary/aromatic N) is 2. The van der Waals surface area contributed by atoms with Crippen molar-refractivity contribution < 1.29 is 23.0 Å². The van der Waals surface area contributed by atoms with Crippen molar-refractivity contribution >= 4 is 17.0 Å². The van der Waals surface area contributed by atoms with Crippen LogP contribution in [0.4, 0.5) is 13.6 Å². The van der Waals surface area contributed by atoms with Crippen LogP contribution in [0.1, 0.15) is 19.4 Å². The van der Waals surface area contributed by atoms with Crippen LogP contribution in [0.25, 0.3) is 22.0 Å². The Morgan fingerprint density at radius 1 is 0.941 bits per heavy atom. The fraction of sp³-hybridized carbons (Fsp3) is 0.222. The zero-order valence-corrected chi connectivity index (χ0v) is 19.3. The van der Waals surface area contributed by atoms with E-state index in [1.165, 1.54) is 6.07 Å². The third kappa shape index (κ3) is 4.59. The van der Waals surface area contributed by atoms with Crippen LogP contribution in [-0.2, 0) is 6.54 Å². The van der Waals surface area contributed by atoms with E-state index in [1.807, 2.05) is 61.0 Å². The van der Waals surface area contributed by atoms with Gasteiger partial charge in [-0.3, -0.25) is 0 Å². The number of fused-ring (bicyclic) bond motifs is 1. The van der Waals surface area contributed by atoms with E-state index in [2.05, 4.69) is 0 Å². The molecule has 176 valence electrons. The molecular formula is C27H26F2N2O3. The highest BCUT2D eigenvalue weighted by Crippen LogP contribution is 2.39. The summed E-state index contributed by atoms with van der Waals surface area (Å²) in [7, 11) is 1.60. The molecule has 0 fully saturated rings. The van der Waals surface area contributed by atoms with Crippen molar-refractivity contribution in [2.75, 3.05) is 20.2 Å². The maximum absolute atomic E-state index is 13.7. The maximum Gasteiger partial charge on any atom is 0.415 e. The number of halogens is 2. The molecule has 3 aromatic carbocycles. The van der Waals surface area contributed by atoms with Crippen molar-refractivity contribution in [1.82, 2.24) is 9.47 Å². The summed E-state index contributed by atoms with van der Waals surface area (Å²) in [6.45, 7) is 5.24. The Kier molecular flexibility index (Phi) is 6.82. The number of aromatic nitrogens is 1. The molecule has 4 rings (SSSR count). The van der Waals surface area contributed by atoms with Crippen molar-refractivity contribution in [3.8, 4) is 22.6 Å². The highest BCUT2D eigenvalue weighted by molar-refractivity contribution is 5.99. The van der Waals surface area contributed by atoms with Gasteiger partial charge in [0.25, 0.3) is 0 Å². The Morgan fingerprint density at radius 2 is 1.68 bits per heavy atom. The van der Waals surface area contributed by atoms with E-state index < -0.39 is 17.7 Å². The van der Waals surface area contributed by atoms with Gasteiger partial charge in [0.1, 0.15) is 11.5 Å². The monoisotopic (exact) mass is 464 g/mol. The Bertz CT molecular complexity index is 1310. The van der Waals surface area contributed by atoms with Crippen LogP contribution in [0.15, 0.2) is 66.9 Å². The summed E-state index contributed by atoms with van der Waals surface area (Å²) in [6, 6.07) is 17.0. The molecule has 0 spiro atoms. The van der Waals surface area contributed by atoms with E-state index in [1.54, 1.807) is 24.1 Å². The molecular weight excluding hydrogens is 438 g/mol. The van der Waals surface area contributed by atoms with Crippen LogP contribution in [-0.4, -0.2) is 35.8 Å². The molecule has 0 unspecified atom stereocenters. The number of hydrogen-bond donors (Lipinski definition) is 0. The molecule has 0 bridgehead atoms. The Balaban J connectivity index is 1.80. The summed E-state index contributed by atoms with van der Waals surface area (Å²) in [5.41, 5.74) is 3.14. The van der Waals surface area contributed by atoms with Crippen molar-refractivity contribution in [3.05, 3.63) is 84.1 Å². The summed E-state index contributed by atoms with van der Waals surface area (Å²) < 4.78 is 40.1. The maximum atomic E-state index is 13.7. The van der Waals surface area contributed by atoms with Crippen LogP contribution >= 0.6 is 0 Å². The normalized spacial score (nSPS) is 11.0. The van der Waals surface area contributed by atoms with Gasteiger partial charge in [0.15, 0.2) is 11.6 Å². The molecule has 1 heterocycles. The lowest BCUT2D eigenvalue weighted by Gasteiger charge is -2.20. The van der Waals surface area contributed by atoms with Crippen molar-refractivity contribution in [3.63, 3.8) is 0 Å². The lowest BCUT2D eigenvalue weighted by molar-refractivity contribution is 0.157. The fourth-order valence-electron chi connectivity index (χ4n) is 4.01. The second kappa shape index (κ2) is 9.95.